The van der Waals surface area contributed by atoms with E-state index in [2.05, 4.69) is 16.0 Å². The number of carboxylic acids is 1. The molecule has 0 saturated heterocycles. The minimum absolute atomic E-state index is 0.240. The Morgan fingerprint density at radius 2 is 1.24 bits per heavy atom. The Kier molecular flexibility index (Phi) is 11.0. The first kappa shape index (κ1) is 28.1. The van der Waals surface area contributed by atoms with Gasteiger partial charge in [-0.25, -0.2) is 4.79 Å². The number of amides is 3. The fraction of sp³-hybridized carbons (Fsp3) is 0.565. The number of rotatable bonds is 12. The lowest BCUT2D eigenvalue weighted by Gasteiger charge is -2.28. The zero-order valence-electron chi connectivity index (χ0n) is 19.7. The molecule has 1 aromatic rings. The smallest absolute Gasteiger partial charge is 0.326 e. The molecule has 0 aliphatic carbocycles. The highest BCUT2D eigenvalue weighted by molar-refractivity contribution is 5.94. The molecule has 0 fully saturated rings. The number of benzene rings is 1. The molecular weight excluding hydrogens is 428 g/mol. The number of carbonyl (C=O) groups is 4. The third-order valence-corrected chi connectivity index (χ3v) is 5.18. The Morgan fingerprint density at radius 3 is 1.70 bits per heavy atom. The summed E-state index contributed by atoms with van der Waals surface area (Å²) >= 11 is 0. The quantitative estimate of drug-likeness (QED) is 0.248. The molecule has 1 aromatic carbocycles. The molecule has 1 rings (SSSR count). The van der Waals surface area contributed by atoms with Crippen LogP contribution < -0.4 is 21.7 Å². The number of aliphatic hydroxyl groups excluding tert-OH is 1. The van der Waals surface area contributed by atoms with Crippen LogP contribution >= 0.6 is 0 Å². The van der Waals surface area contributed by atoms with Gasteiger partial charge in [-0.3, -0.25) is 14.4 Å². The van der Waals surface area contributed by atoms with Gasteiger partial charge in [0, 0.05) is 0 Å². The van der Waals surface area contributed by atoms with Crippen LogP contribution in [0.15, 0.2) is 30.3 Å². The zero-order chi connectivity index (χ0) is 25.3. The van der Waals surface area contributed by atoms with E-state index in [4.69, 9.17) is 5.73 Å². The monoisotopic (exact) mass is 464 g/mol. The van der Waals surface area contributed by atoms with Gasteiger partial charge in [-0.05, 0) is 30.7 Å². The predicted molar refractivity (Wildman–Crippen MR) is 123 cm³/mol. The van der Waals surface area contributed by atoms with Crippen molar-refractivity contribution in [3.8, 4) is 0 Å². The van der Waals surface area contributed by atoms with E-state index < -0.39 is 54.0 Å². The van der Waals surface area contributed by atoms with Gasteiger partial charge in [0.05, 0.1) is 12.1 Å². The van der Waals surface area contributed by atoms with Crippen molar-refractivity contribution < 1.29 is 29.4 Å². The number of hydrogen-bond acceptors (Lipinski definition) is 6. The summed E-state index contributed by atoms with van der Waals surface area (Å²) in [6, 6.07) is 4.60. The van der Waals surface area contributed by atoms with Crippen LogP contribution in [0.3, 0.4) is 0 Å². The molecule has 5 unspecified atom stereocenters. The SMILES string of the molecule is CC(C)C(NC(=O)C(NC(=O)C(NC(=O)C(N)Cc1ccccc1)C(C)O)C(C)C)C(=O)O. The van der Waals surface area contributed by atoms with E-state index in [0.717, 1.165) is 5.56 Å². The molecule has 10 heteroatoms. The summed E-state index contributed by atoms with van der Waals surface area (Å²) in [6.45, 7) is 8.00. The van der Waals surface area contributed by atoms with Crippen molar-refractivity contribution in [2.45, 2.75) is 71.3 Å². The van der Waals surface area contributed by atoms with E-state index in [1.165, 1.54) is 6.92 Å². The largest absolute Gasteiger partial charge is 0.480 e. The Morgan fingerprint density at radius 1 is 0.788 bits per heavy atom. The van der Waals surface area contributed by atoms with Crippen LogP contribution in [0, 0.1) is 11.8 Å². The van der Waals surface area contributed by atoms with Crippen LogP contribution in [-0.2, 0) is 25.6 Å². The van der Waals surface area contributed by atoms with Crippen molar-refractivity contribution in [1.82, 2.24) is 16.0 Å². The van der Waals surface area contributed by atoms with Crippen molar-refractivity contribution >= 4 is 23.7 Å². The van der Waals surface area contributed by atoms with Crippen LogP contribution in [0.4, 0.5) is 0 Å². The molecule has 184 valence electrons. The molecule has 0 spiro atoms. The van der Waals surface area contributed by atoms with Crippen LogP contribution in [0.5, 0.6) is 0 Å². The van der Waals surface area contributed by atoms with Gasteiger partial charge in [0.2, 0.25) is 17.7 Å². The second kappa shape index (κ2) is 12.9. The Hall–Kier alpha value is -2.98. The van der Waals surface area contributed by atoms with Crippen molar-refractivity contribution in [1.29, 1.82) is 0 Å². The average molecular weight is 465 g/mol. The number of aliphatic hydroxyl groups is 1. The molecule has 7 N–H and O–H groups in total. The van der Waals surface area contributed by atoms with Gasteiger partial charge in [0.25, 0.3) is 0 Å². The molecular formula is C23H36N4O6. The highest BCUT2D eigenvalue weighted by Crippen LogP contribution is 2.08. The first-order chi connectivity index (χ1) is 15.3. The maximum absolute atomic E-state index is 12.9. The zero-order valence-corrected chi connectivity index (χ0v) is 19.7. The Balaban J connectivity index is 2.88. The minimum atomic E-state index is -1.35. The summed E-state index contributed by atoms with van der Waals surface area (Å²) < 4.78 is 0. The Labute approximate surface area is 194 Å². The predicted octanol–water partition coefficient (Wildman–Crippen LogP) is -0.212. The van der Waals surface area contributed by atoms with Crippen molar-refractivity contribution in [3.05, 3.63) is 35.9 Å². The summed E-state index contributed by atoms with van der Waals surface area (Å²) in [5, 5.41) is 26.8. The van der Waals surface area contributed by atoms with Crippen LogP contribution in [0.25, 0.3) is 0 Å². The van der Waals surface area contributed by atoms with E-state index >= 15 is 0 Å². The summed E-state index contributed by atoms with van der Waals surface area (Å²) in [6.07, 6.45) is -1.03. The topological polar surface area (TPSA) is 171 Å². The fourth-order valence-electron chi connectivity index (χ4n) is 3.16. The van der Waals surface area contributed by atoms with E-state index in [9.17, 15) is 29.4 Å². The third kappa shape index (κ3) is 8.82. The maximum Gasteiger partial charge on any atom is 0.326 e. The summed E-state index contributed by atoms with van der Waals surface area (Å²) in [5.41, 5.74) is 6.80. The molecule has 3 amide bonds. The van der Waals surface area contributed by atoms with Crippen LogP contribution in [0.1, 0.15) is 40.2 Å². The van der Waals surface area contributed by atoms with Crippen molar-refractivity contribution in [3.63, 3.8) is 0 Å². The van der Waals surface area contributed by atoms with E-state index in [-0.39, 0.29) is 18.3 Å². The number of hydrogen-bond donors (Lipinski definition) is 6. The van der Waals surface area contributed by atoms with Gasteiger partial charge in [-0.1, -0.05) is 58.0 Å². The molecule has 0 saturated carbocycles. The molecule has 10 nitrogen and oxygen atoms in total. The normalized spacial score (nSPS) is 15.8. The molecule has 0 bridgehead atoms. The molecule has 0 aliphatic heterocycles. The molecule has 0 aliphatic rings. The standard InChI is InChI=1S/C23H36N4O6/c1-12(2)17(21(30)26-18(13(3)4)23(32)33)25-22(31)19(14(5)28)27-20(29)16(24)11-15-9-7-6-8-10-15/h6-10,12-14,16-19,28H,11,24H2,1-5H3,(H,25,31)(H,26,30)(H,27,29)(H,32,33). The number of nitrogens with one attached hydrogen (secondary N) is 3. The molecule has 0 heterocycles. The first-order valence-corrected chi connectivity index (χ1v) is 11.0. The van der Waals surface area contributed by atoms with E-state index in [1.54, 1.807) is 27.7 Å². The maximum atomic E-state index is 12.9. The Bertz CT molecular complexity index is 812. The van der Waals surface area contributed by atoms with E-state index in [1.807, 2.05) is 30.3 Å². The van der Waals surface area contributed by atoms with Gasteiger partial charge in [0.1, 0.15) is 18.1 Å². The number of carboxylic acid groups (broad SMARTS) is 1. The number of carbonyl (C=O) groups excluding carboxylic acids is 3. The van der Waals surface area contributed by atoms with Gasteiger partial charge >= 0.3 is 5.97 Å². The van der Waals surface area contributed by atoms with E-state index in [0.29, 0.717) is 0 Å². The molecule has 5 atom stereocenters. The second-order valence-corrected chi connectivity index (χ2v) is 8.82. The lowest BCUT2D eigenvalue weighted by molar-refractivity contribution is -0.144. The van der Waals surface area contributed by atoms with Crippen LogP contribution in [-0.4, -0.2) is 64.2 Å². The number of aliphatic carboxylic acids is 1. The van der Waals surface area contributed by atoms with Crippen LogP contribution in [0.2, 0.25) is 0 Å². The van der Waals surface area contributed by atoms with Gasteiger partial charge in [-0.2, -0.15) is 0 Å². The van der Waals surface area contributed by atoms with Gasteiger partial charge in [0.15, 0.2) is 0 Å². The molecule has 33 heavy (non-hydrogen) atoms. The third-order valence-electron chi connectivity index (χ3n) is 5.18. The average Bonchev–Trinajstić information content (AvgIpc) is 2.73. The molecule has 0 aromatic heterocycles. The second-order valence-electron chi connectivity index (χ2n) is 8.82. The van der Waals surface area contributed by atoms with Gasteiger partial charge in [-0.15, -0.1) is 0 Å². The number of nitrogens with two attached hydrogens (primary N) is 1. The highest BCUT2D eigenvalue weighted by atomic mass is 16.4. The lowest BCUT2D eigenvalue weighted by atomic mass is 9.99. The first-order valence-electron chi connectivity index (χ1n) is 11.0. The fourth-order valence-corrected chi connectivity index (χ4v) is 3.16. The highest BCUT2D eigenvalue weighted by Gasteiger charge is 2.34. The van der Waals surface area contributed by atoms with Gasteiger partial charge < -0.3 is 31.9 Å². The van der Waals surface area contributed by atoms with Crippen molar-refractivity contribution in [2.24, 2.45) is 17.6 Å². The summed E-state index contributed by atoms with van der Waals surface area (Å²) in [4.78, 5) is 49.5. The summed E-state index contributed by atoms with van der Waals surface area (Å²) in [5.74, 6) is -4.02. The minimum Gasteiger partial charge on any atom is -0.480 e. The van der Waals surface area contributed by atoms with Crippen molar-refractivity contribution in [2.75, 3.05) is 0 Å². The molecule has 0 radical (unpaired) electrons. The summed E-state index contributed by atoms with van der Waals surface area (Å²) in [7, 11) is 0. The lowest BCUT2D eigenvalue weighted by Crippen LogP contribution is -2.61.